The molecule has 114 valence electrons. The Morgan fingerprint density at radius 3 is 2.95 bits per heavy atom. The number of fused-ring (bicyclic) bond motifs is 1. The van der Waals surface area contributed by atoms with Crippen LogP contribution in [-0.2, 0) is 21.9 Å². The van der Waals surface area contributed by atoms with Crippen LogP contribution in [0.1, 0.15) is 17.8 Å². The number of benzene rings is 1. The highest BCUT2D eigenvalue weighted by molar-refractivity contribution is 6.16. The standard InChI is InChI=1S/C15H18ClFN2O2/c1-10-5-13-12(6-11(10)17)18-14(7-16)19(13)8-15(20-2)3-4-21-9-15/h5-6H,3-4,7-9H2,1-2H3. The third-order valence-electron chi connectivity index (χ3n) is 4.17. The van der Waals surface area contributed by atoms with Crippen LogP contribution in [-0.4, -0.2) is 35.5 Å². The third-order valence-corrected chi connectivity index (χ3v) is 4.41. The van der Waals surface area contributed by atoms with E-state index in [1.165, 1.54) is 6.07 Å². The van der Waals surface area contributed by atoms with Crippen molar-refractivity contribution in [1.29, 1.82) is 0 Å². The van der Waals surface area contributed by atoms with Gasteiger partial charge in [-0.3, -0.25) is 0 Å². The number of halogens is 2. The number of ether oxygens (including phenoxy) is 2. The first kappa shape index (κ1) is 14.8. The first-order chi connectivity index (χ1) is 10.1. The molecule has 0 amide bonds. The van der Waals surface area contributed by atoms with E-state index in [9.17, 15) is 4.39 Å². The molecule has 0 aliphatic carbocycles. The van der Waals surface area contributed by atoms with Gasteiger partial charge in [-0.15, -0.1) is 11.6 Å². The van der Waals surface area contributed by atoms with Gasteiger partial charge < -0.3 is 14.0 Å². The smallest absolute Gasteiger partial charge is 0.128 e. The van der Waals surface area contributed by atoms with Crippen LogP contribution in [0.4, 0.5) is 4.39 Å². The van der Waals surface area contributed by atoms with Crippen LogP contribution >= 0.6 is 11.6 Å². The van der Waals surface area contributed by atoms with Crippen LogP contribution in [0.5, 0.6) is 0 Å². The molecule has 0 radical (unpaired) electrons. The van der Waals surface area contributed by atoms with Gasteiger partial charge in [-0.25, -0.2) is 9.37 Å². The summed E-state index contributed by atoms with van der Waals surface area (Å²) in [7, 11) is 1.69. The quantitative estimate of drug-likeness (QED) is 0.814. The second-order valence-corrected chi connectivity index (χ2v) is 5.79. The lowest BCUT2D eigenvalue weighted by Crippen LogP contribution is -2.37. The van der Waals surface area contributed by atoms with Gasteiger partial charge in [-0.2, -0.15) is 0 Å². The summed E-state index contributed by atoms with van der Waals surface area (Å²) < 4.78 is 26.9. The van der Waals surface area contributed by atoms with Gasteiger partial charge in [-0.05, 0) is 18.6 Å². The molecule has 0 spiro atoms. The molecule has 0 N–H and O–H groups in total. The van der Waals surface area contributed by atoms with Gasteiger partial charge in [-0.1, -0.05) is 0 Å². The Morgan fingerprint density at radius 2 is 2.33 bits per heavy atom. The van der Waals surface area contributed by atoms with Crippen molar-refractivity contribution in [2.75, 3.05) is 20.3 Å². The SMILES string of the molecule is COC1(Cn2c(CCl)nc3cc(F)c(C)cc32)CCOC1. The molecule has 21 heavy (non-hydrogen) atoms. The number of hydrogen-bond donors (Lipinski definition) is 0. The van der Waals surface area contributed by atoms with Crippen LogP contribution in [0.15, 0.2) is 12.1 Å². The Hall–Kier alpha value is -1.17. The zero-order valence-corrected chi connectivity index (χ0v) is 12.9. The summed E-state index contributed by atoms with van der Waals surface area (Å²) >= 11 is 6.01. The van der Waals surface area contributed by atoms with E-state index in [-0.39, 0.29) is 17.3 Å². The number of aromatic nitrogens is 2. The molecule has 1 unspecified atom stereocenters. The molecular weight excluding hydrogens is 295 g/mol. The highest BCUT2D eigenvalue weighted by atomic mass is 35.5. The van der Waals surface area contributed by atoms with Crippen molar-refractivity contribution in [2.45, 2.75) is 31.4 Å². The first-order valence-corrected chi connectivity index (χ1v) is 7.46. The molecular formula is C15H18ClFN2O2. The van der Waals surface area contributed by atoms with E-state index in [2.05, 4.69) is 4.98 Å². The van der Waals surface area contributed by atoms with Crippen LogP contribution in [0.25, 0.3) is 11.0 Å². The van der Waals surface area contributed by atoms with Crippen molar-refractivity contribution in [3.63, 3.8) is 0 Å². The molecule has 1 saturated heterocycles. The van der Waals surface area contributed by atoms with Crippen molar-refractivity contribution in [3.8, 4) is 0 Å². The summed E-state index contributed by atoms with van der Waals surface area (Å²) in [5.74, 6) is 0.745. The fourth-order valence-corrected chi connectivity index (χ4v) is 3.01. The molecule has 1 aromatic carbocycles. The topological polar surface area (TPSA) is 36.3 Å². The zero-order chi connectivity index (χ0) is 15.0. The second kappa shape index (κ2) is 5.55. The van der Waals surface area contributed by atoms with Crippen LogP contribution in [0.2, 0.25) is 0 Å². The summed E-state index contributed by atoms with van der Waals surface area (Å²) in [6.45, 7) is 3.58. The number of methoxy groups -OCH3 is 1. The maximum absolute atomic E-state index is 13.7. The van der Waals surface area contributed by atoms with Gasteiger partial charge in [0.1, 0.15) is 17.2 Å². The molecule has 6 heteroatoms. The molecule has 1 aliphatic heterocycles. The lowest BCUT2D eigenvalue weighted by molar-refractivity contribution is -0.0291. The van der Waals surface area contributed by atoms with Crippen LogP contribution in [0, 0.1) is 12.7 Å². The van der Waals surface area contributed by atoms with E-state index in [0.29, 0.717) is 30.8 Å². The molecule has 1 aliphatic rings. The Morgan fingerprint density at radius 1 is 1.52 bits per heavy atom. The van der Waals surface area contributed by atoms with Gasteiger partial charge in [0.2, 0.25) is 0 Å². The predicted molar refractivity (Wildman–Crippen MR) is 79.2 cm³/mol. The average molecular weight is 313 g/mol. The minimum atomic E-state index is -0.364. The van der Waals surface area contributed by atoms with Gasteiger partial charge in [0.15, 0.2) is 0 Å². The highest BCUT2D eigenvalue weighted by Crippen LogP contribution is 2.29. The molecule has 2 aromatic rings. The molecule has 3 rings (SSSR count). The molecule has 1 fully saturated rings. The fourth-order valence-electron chi connectivity index (χ4n) is 2.81. The molecule has 0 bridgehead atoms. The number of nitrogens with zero attached hydrogens (tertiary/aromatic N) is 2. The van der Waals surface area contributed by atoms with Crippen molar-refractivity contribution < 1.29 is 13.9 Å². The molecule has 1 aromatic heterocycles. The number of aryl methyl sites for hydroxylation is 1. The van der Waals surface area contributed by atoms with E-state index >= 15 is 0 Å². The number of hydrogen-bond acceptors (Lipinski definition) is 3. The summed E-state index contributed by atoms with van der Waals surface area (Å²) in [6.07, 6.45) is 0.824. The van der Waals surface area contributed by atoms with Gasteiger partial charge in [0, 0.05) is 26.2 Å². The summed E-state index contributed by atoms with van der Waals surface area (Å²) in [5.41, 5.74) is 1.74. The van der Waals surface area contributed by atoms with E-state index in [0.717, 1.165) is 17.8 Å². The van der Waals surface area contributed by atoms with Crippen molar-refractivity contribution in [1.82, 2.24) is 9.55 Å². The lowest BCUT2D eigenvalue weighted by Gasteiger charge is -2.27. The molecule has 0 saturated carbocycles. The zero-order valence-electron chi connectivity index (χ0n) is 12.2. The van der Waals surface area contributed by atoms with Gasteiger partial charge in [0.05, 0.1) is 30.1 Å². The first-order valence-electron chi connectivity index (χ1n) is 6.93. The Kier molecular flexibility index (Phi) is 3.90. The monoisotopic (exact) mass is 312 g/mol. The maximum atomic E-state index is 13.7. The molecule has 2 heterocycles. The Bertz CT molecular complexity index is 665. The van der Waals surface area contributed by atoms with E-state index in [4.69, 9.17) is 21.1 Å². The van der Waals surface area contributed by atoms with E-state index < -0.39 is 0 Å². The highest BCUT2D eigenvalue weighted by Gasteiger charge is 2.36. The maximum Gasteiger partial charge on any atom is 0.128 e. The second-order valence-electron chi connectivity index (χ2n) is 5.53. The minimum Gasteiger partial charge on any atom is -0.378 e. The summed E-state index contributed by atoms with van der Waals surface area (Å²) in [4.78, 5) is 4.44. The van der Waals surface area contributed by atoms with E-state index in [1.54, 1.807) is 14.0 Å². The predicted octanol–water partition coefficient (Wildman–Crippen LogP) is 3.03. The van der Waals surface area contributed by atoms with Crippen molar-refractivity contribution in [3.05, 3.63) is 29.3 Å². The molecule has 1 atom stereocenters. The minimum absolute atomic E-state index is 0.251. The van der Waals surface area contributed by atoms with Crippen LogP contribution in [0.3, 0.4) is 0 Å². The Labute approximate surface area is 127 Å². The van der Waals surface area contributed by atoms with Crippen LogP contribution < -0.4 is 0 Å². The van der Waals surface area contributed by atoms with Gasteiger partial charge in [0.25, 0.3) is 0 Å². The van der Waals surface area contributed by atoms with Crippen molar-refractivity contribution in [2.24, 2.45) is 0 Å². The van der Waals surface area contributed by atoms with E-state index in [1.807, 2.05) is 10.6 Å². The summed E-state index contributed by atoms with van der Waals surface area (Å²) in [6, 6.07) is 3.27. The van der Waals surface area contributed by atoms with Gasteiger partial charge >= 0.3 is 0 Å². The number of alkyl halides is 1. The Balaban J connectivity index is 2.09. The normalized spacial score (nSPS) is 22.3. The number of imidazole rings is 1. The molecule has 4 nitrogen and oxygen atoms in total. The van der Waals surface area contributed by atoms with Crippen molar-refractivity contribution >= 4 is 22.6 Å². The average Bonchev–Trinajstić information content (AvgIpc) is 3.07. The summed E-state index contributed by atoms with van der Waals surface area (Å²) in [5, 5.41) is 0. The third kappa shape index (κ3) is 2.54. The number of rotatable bonds is 4. The fraction of sp³-hybridized carbons (Fsp3) is 0.533. The lowest BCUT2D eigenvalue weighted by atomic mass is 10.0. The largest absolute Gasteiger partial charge is 0.378 e.